The third kappa shape index (κ3) is 4.28. The molecule has 1 aliphatic heterocycles. The van der Waals surface area contributed by atoms with E-state index in [1.54, 1.807) is 11.8 Å². The van der Waals surface area contributed by atoms with Crippen LogP contribution in [0.5, 0.6) is 11.5 Å². The maximum atomic E-state index is 12.3. The molecule has 0 bridgehead atoms. The number of ether oxygens (including phenoxy) is 2. The molecular formula is C20H23NO3S. The fourth-order valence-corrected chi connectivity index (χ4v) is 3.59. The van der Waals surface area contributed by atoms with E-state index in [0.29, 0.717) is 11.7 Å². The lowest BCUT2D eigenvalue weighted by Crippen LogP contribution is -2.16. The van der Waals surface area contributed by atoms with Gasteiger partial charge in [0.15, 0.2) is 11.5 Å². The fourth-order valence-electron chi connectivity index (χ4n) is 2.81. The first kappa shape index (κ1) is 17.7. The van der Waals surface area contributed by atoms with Crippen LogP contribution in [0.2, 0.25) is 0 Å². The first-order valence-corrected chi connectivity index (χ1v) is 9.55. The third-order valence-corrected chi connectivity index (χ3v) is 5.13. The number of nitrogens with one attached hydrogen (secondary N) is 1. The monoisotopic (exact) mass is 357 g/mol. The second-order valence-corrected chi connectivity index (χ2v) is 7.41. The first-order chi connectivity index (χ1) is 12.0. The molecule has 0 radical (unpaired) electrons. The van der Waals surface area contributed by atoms with E-state index in [2.05, 4.69) is 25.2 Å². The molecule has 0 unspecified atom stereocenters. The van der Waals surface area contributed by atoms with Gasteiger partial charge in [-0.15, -0.1) is 11.8 Å². The van der Waals surface area contributed by atoms with Gasteiger partial charge in [-0.05, 0) is 41.7 Å². The van der Waals surface area contributed by atoms with Crippen LogP contribution >= 0.6 is 11.8 Å². The highest BCUT2D eigenvalue weighted by molar-refractivity contribution is 7.99. The molecule has 0 saturated heterocycles. The molecule has 2 aromatic rings. The third-order valence-electron chi connectivity index (χ3n) is 4.13. The van der Waals surface area contributed by atoms with Crippen molar-refractivity contribution in [2.75, 3.05) is 17.9 Å². The van der Waals surface area contributed by atoms with Crippen LogP contribution in [0.1, 0.15) is 36.5 Å². The largest absolute Gasteiger partial charge is 0.454 e. The molecule has 1 N–H and O–H groups in total. The highest BCUT2D eigenvalue weighted by atomic mass is 32.2. The highest BCUT2D eigenvalue weighted by Gasteiger charge is 2.14. The Kier molecular flexibility index (Phi) is 5.53. The number of anilines is 1. The molecule has 0 spiro atoms. The normalized spacial score (nSPS) is 12.5. The summed E-state index contributed by atoms with van der Waals surface area (Å²) in [6.45, 7) is 6.59. The second-order valence-electron chi connectivity index (χ2n) is 6.42. The standard InChI is InChI=1S/C20H23NO3S/c1-13(2)16-6-4-5-14(3)20(16)21-19(22)11-25-10-15-7-8-17-18(9-15)24-12-23-17/h4-9,13H,10-12H2,1-3H3,(H,21,22). The van der Waals surface area contributed by atoms with Crippen LogP contribution in [-0.2, 0) is 10.5 Å². The molecule has 0 fully saturated rings. The van der Waals surface area contributed by atoms with Gasteiger partial charge in [0.2, 0.25) is 12.7 Å². The Balaban J connectivity index is 1.55. The Morgan fingerprint density at radius 1 is 1.20 bits per heavy atom. The molecule has 25 heavy (non-hydrogen) atoms. The van der Waals surface area contributed by atoms with E-state index in [-0.39, 0.29) is 12.7 Å². The van der Waals surface area contributed by atoms with Crippen LogP contribution in [0.3, 0.4) is 0 Å². The maximum absolute atomic E-state index is 12.3. The van der Waals surface area contributed by atoms with E-state index in [4.69, 9.17) is 9.47 Å². The molecule has 0 aliphatic carbocycles. The number of hydrogen-bond acceptors (Lipinski definition) is 4. The summed E-state index contributed by atoms with van der Waals surface area (Å²) in [6.07, 6.45) is 0. The number of hydrogen-bond donors (Lipinski definition) is 1. The zero-order valence-corrected chi connectivity index (χ0v) is 15.6. The lowest BCUT2D eigenvalue weighted by molar-refractivity contribution is -0.113. The average Bonchev–Trinajstić information content (AvgIpc) is 3.04. The number of aryl methyl sites for hydroxylation is 1. The minimum Gasteiger partial charge on any atom is -0.454 e. The maximum Gasteiger partial charge on any atom is 0.234 e. The molecule has 1 aliphatic rings. The highest BCUT2D eigenvalue weighted by Crippen LogP contribution is 2.33. The Labute approximate surface area is 152 Å². The summed E-state index contributed by atoms with van der Waals surface area (Å²) in [5.41, 5.74) is 4.35. The second kappa shape index (κ2) is 7.83. The van der Waals surface area contributed by atoms with Gasteiger partial charge in [-0.3, -0.25) is 4.79 Å². The summed E-state index contributed by atoms with van der Waals surface area (Å²) in [4.78, 5) is 12.3. The summed E-state index contributed by atoms with van der Waals surface area (Å²) in [5.74, 6) is 3.14. The number of carbonyl (C=O) groups is 1. The molecule has 132 valence electrons. The summed E-state index contributed by atoms with van der Waals surface area (Å²) in [7, 11) is 0. The van der Waals surface area contributed by atoms with Crippen LogP contribution in [0.25, 0.3) is 0 Å². The Morgan fingerprint density at radius 3 is 2.80 bits per heavy atom. The smallest absolute Gasteiger partial charge is 0.234 e. The van der Waals surface area contributed by atoms with Crippen molar-refractivity contribution in [2.45, 2.75) is 32.4 Å². The lowest BCUT2D eigenvalue weighted by atomic mass is 9.98. The van der Waals surface area contributed by atoms with E-state index in [0.717, 1.165) is 34.1 Å². The van der Waals surface area contributed by atoms with Crippen molar-refractivity contribution in [3.8, 4) is 11.5 Å². The van der Waals surface area contributed by atoms with E-state index in [1.807, 2.05) is 37.3 Å². The average molecular weight is 357 g/mol. The lowest BCUT2D eigenvalue weighted by Gasteiger charge is -2.16. The van der Waals surface area contributed by atoms with Gasteiger partial charge < -0.3 is 14.8 Å². The van der Waals surface area contributed by atoms with Gasteiger partial charge in [-0.2, -0.15) is 0 Å². The molecule has 5 heteroatoms. The van der Waals surface area contributed by atoms with Crippen LogP contribution in [0, 0.1) is 6.92 Å². The zero-order chi connectivity index (χ0) is 17.8. The van der Waals surface area contributed by atoms with Crippen molar-refractivity contribution >= 4 is 23.4 Å². The van der Waals surface area contributed by atoms with E-state index in [1.165, 1.54) is 5.56 Å². The van der Waals surface area contributed by atoms with Gasteiger partial charge in [-0.1, -0.05) is 38.1 Å². The number of para-hydroxylation sites is 1. The van der Waals surface area contributed by atoms with Crippen LogP contribution in [0.15, 0.2) is 36.4 Å². The van der Waals surface area contributed by atoms with Crippen molar-refractivity contribution in [3.63, 3.8) is 0 Å². The Bertz CT molecular complexity index is 774. The number of thioether (sulfide) groups is 1. The predicted molar refractivity (Wildman–Crippen MR) is 103 cm³/mol. The molecule has 4 nitrogen and oxygen atoms in total. The fraction of sp³-hybridized carbons (Fsp3) is 0.350. The SMILES string of the molecule is Cc1cccc(C(C)C)c1NC(=O)CSCc1ccc2c(c1)OCO2. The molecular weight excluding hydrogens is 334 g/mol. The molecule has 0 aromatic heterocycles. The Morgan fingerprint density at radius 2 is 2.00 bits per heavy atom. The summed E-state index contributed by atoms with van der Waals surface area (Å²) in [5, 5.41) is 3.08. The number of rotatable bonds is 6. The van der Waals surface area contributed by atoms with Crippen molar-refractivity contribution in [1.29, 1.82) is 0 Å². The van der Waals surface area contributed by atoms with E-state index < -0.39 is 0 Å². The zero-order valence-electron chi connectivity index (χ0n) is 14.8. The van der Waals surface area contributed by atoms with Crippen molar-refractivity contribution in [3.05, 3.63) is 53.1 Å². The van der Waals surface area contributed by atoms with Gasteiger partial charge in [0.05, 0.1) is 5.75 Å². The summed E-state index contributed by atoms with van der Waals surface area (Å²) < 4.78 is 10.7. The molecule has 1 heterocycles. The van der Waals surface area contributed by atoms with Crippen LogP contribution in [0.4, 0.5) is 5.69 Å². The quantitative estimate of drug-likeness (QED) is 0.813. The number of fused-ring (bicyclic) bond motifs is 1. The molecule has 3 rings (SSSR count). The van der Waals surface area contributed by atoms with Crippen LogP contribution < -0.4 is 14.8 Å². The number of carbonyl (C=O) groups excluding carboxylic acids is 1. The van der Waals surface area contributed by atoms with E-state index in [9.17, 15) is 4.79 Å². The van der Waals surface area contributed by atoms with Crippen molar-refractivity contribution < 1.29 is 14.3 Å². The van der Waals surface area contributed by atoms with Gasteiger partial charge in [0.1, 0.15) is 0 Å². The van der Waals surface area contributed by atoms with Crippen molar-refractivity contribution in [2.24, 2.45) is 0 Å². The van der Waals surface area contributed by atoms with Crippen molar-refractivity contribution in [1.82, 2.24) is 0 Å². The van der Waals surface area contributed by atoms with Gasteiger partial charge in [0, 0.05) is 11.4 Å². The minimum absolute atomic E-state index is 0.0296. The predicted octanol–water partition coefficient (Wildman–Crippen LogP) is 4.72. The number of benzene rings is 2. The Hall–Kier alpha value is -2.14. The van der Waals surface area contributed by atoms with E-state index >= 15 is 0 Å². The minimum atomic E-state index is 0.0296. The van der Waals surface area contributed by atoms with Gasteiger partial charge in [-0.25, -0.2) is 0 Å². The van der Waals surface area contributed by atoms with Gasteiger partial charge >= 0.3 is 0 Å². The summed E-state index contributed by atoms with van der Waals surface area (Å²) >= 11 is 1.59. The summed E-state index contributed by atoms with van der Waals surface area (Å²) in [6, 6.07) is 12.0. The van der Waals surface area contributed by atoms with Crippen LogP contribution in [-0.4, -0.2) is 18.5 Å². The topological polar surface area (TPSA) is 47.6 Å². The van der Waals surface area contributed by atoms with Gasteiger partial charge in [0.25, 0.3) is 0 Å². The number of amides is 1. The molecule has 0 atom stereocenters. The molecule has 1 amide bonds. The first-order valence-electron chi connectivity index (χ1n) is 8.40. The molecule has 2 aromatic carbocycles. The molecule has 0 saturated carbocycles.